The van der Waals surface area contributed by atoms with Gasteiger partial charge in [0.2, 0.25) is 5.79 Å². The Labute approximate surface area is 381 Å². The Balaban J connectivity index is 1.57. The first kappa shape index (κ1) is 49.1. The van der Waals surface area contributed by atoms with E-state index in [0.29, 0.717) is 30.1 Å². The normalized spacial score (nSPS) is 22.8. The van der Waals surface area contributed by atoms with E-state index in [4.69, 9.17) is 33.7 Å². The number of nitrogens with zero attached hydrogens (tertiary/aromatic N) is 4. The zero-order valence-electron chi connectivity index (χ0n) is 37.9. The molecule has 16 nitrogen and oxygen atoms in total. The molecule has 6 atom stereocenters. The van der Waals surface area contributed by atoms with Gasteiger partial charge in [-0.25, -0.2) is 4.79 Å². The van der Waals surface area contributed by atoms with Crippen LogP contribution in [0.1, 0.15) is 88.6 Å². The van der Waals surface area contributed by atoms with Gasteiger partial charge in [-0.1, -0.05) is 36.2 Å². The largest absolute Gasteiger partial charge is 0.487 e. The summed E-state index contributed by atoms with van der Waals surface area (Å²) in [6.45, 7) is 11.8. The Morgan fingerprint density at radius 3 is 2.43 bits per heavy atom. The number of aryl methyl sites for hydroxylation is 1. The molecule has 3 aliphatic rings. The highest BCUT2D eigenvalue weighted by Crippen LogP contribution is 2.62. The van der Waals surface area contributed by atoms with Crippen molar-refractivity contribution < 1.29 is 53.6 Å². The second kappa shape index (κ2) is 22.7. The van der Waals surface area contributed by atoms with Gasteiger partial charge in [0, 0.05) is 55.5 Å². The molecule has 1 fully saturated rings. The lowest BCUT2D eigenvalue weighted by Crippen LogP contribution is -2.70. The molecule has 1 amide bonds. The van der Waals surface area contributed by atoms with Crippen LogP contribution in [0.25, 0.3) is 0 Å². The average Bonchev–Trinajstić information content (AvgIpc) is 3.28. The van der Waals surface area contributed by atoms with Gasteiger partial charge in [0.15, 0.2) is 0 Å². The molecule has 352 valence electrons. The summed E-state index contributed by atoms with van der Waals surface area (Å²) >= 11 is 0. The van der Waals surface area contributed by atoms with E-state index in [0.717, 1.165) is 48.2 Å². The number of carbonyl (C=O) groups is 1. The van der Waals surface area contributed by atoms with Crippen LogP contribution in [0, 0.1) is 34.8 Å². The van der Waals surface area contributed by atoms with Crippen molar-refractivity contribution in [2.45, 2.75) is 103 Å². The van der Waals surface area contributed by atoms with Crippen molar-refractivity contribution in [2.75, 3.05) is 46.2 Å². The number of ether oxygens (including phenoxy) is 5. The fourth-order valence-electron chi connectivity index (χ4n) is 9.27. The second-order valence-electron chi connectivity index (χ2n) is 17.7. The number of hydrogen-bond acceptors (Lipinski definition) is 14. The molecule has 0 spiro atoms. The Bertz CT molecular complexity index is 2140. The van der Waals surface area contributed by atoms with E-state index in [2.05, 4.69) is 17.6 Å². The third-order valence-corrected chi connectivity index (χ3v) is 12.0. The summed E-state index contributed by atoms with van der Waals surface area (Å²) in [4.78, 5) is 38.0. The molecule has 16 heteroatoms. The van der Waals surface area contributed by atoms with Crippen LogP contribution in [0.15, 0.2) is 90.1 Å². The third-order valence-electron chi connectivity index (χ3n) is 12.0. The van der Waals surface area contributed by atoms with Gasteiger partial charge in [-0.15, -0.1) is 6.58 Å². The lowest BCUT2D eigenvalue weighted by atomic mass is 9.55. The number of aliphatic hydroxyl groups excluding tert-OH is 3. The number of carbonyl (C=O) groups excluding carboxylic acids is 1. The Hall–Kier alpha value is -5.39. The van der Waals surface area contributed by atoms with Crippen molar-refractivity contribution in [3.63, 3.8) is 0 Å². The molecule has 3 aromatic rings. The van der Waals surface area contributed by atoms with Crippen molar-refractivity contribution in [3.8, 4) is 17.2 Å². The maximum Gasteiger partial charge on any atom is 0.415 e. The number of fused-ring (bicyclic) bond motifs is 2. The molecule has 6 rings (SSSR count). The molecular formula is C49H64N4O12. The Morgan fingerprint density at radius 2 is 1.75 bits per heavy atom. The highest BCUT2D eigenvalue weighted by atomic mass is 16.7. The molecule has 2 heterocycles. The molecule has 0 saturated heterocycles. The standard InChI is InChI=1S/C49H64N4O12/c1-6-26-62-49-44(52(22-27-60-28-25-56)47(57)63-37-18-16-36(17-19-37)53(58)59)31-42(51-65-48(3,4)5)40-29-34(13-7-9-23-54)39(15-8-10-24-55)45(46(40)49)41-30-38(20-21-43(41)64-49)61-32-35-14-11-12-33(2)50-35/h6,11-12,14,16-21,29-30,34,39,44-46,54-56H,1,7-10,13,15,22-28,31-32H2,2-5H3/t34-,39+,44-,45+,46+,49+/m0/s1. The maximum atomic E-state index is 14.8. The maximum absolute atomic E-state index is 14.8. The Morgan fingerprint density at radius 1 is 1.02 bits per heavy atom. The number of rotatable bonds is 23. The molecule has 65 heavy (non-hydrogen) atoms. The smallest absolute Gasteiger partial charge is 0.415 e. The lowest BCUT2D eigenvalue weighted by molar-refractivity contribution is -0.384. The highest BCUT2D eigenvalue weighted by molar-refractivity contribution is 6.03. The fraction of sp³-hybridized carbons (Fsp3) is 0.531. The van der Waals surface area contributed by atoms with Crippen molar-refractivity contribution in [1.29, 1.82) is 0 Å². The van der Waals surface area contributed by atoms with E-state index in [-0.39, 0.29) is 88.4 Å². The van der Waals surface area contributed by atoms with Crippen LogP contribution in [0.2, 0.25) is 0 Å². The topological polar surface area (TPSA) is 205 Å². The number of non-ortho nitro benzene ring substituents is 1. The summed E-state index contributed by atoms with van der Waals surface area (Å²) in [5, 5.41) is 45.8. The van der Waals surface area contributed by atoms with E-state index >= 15 is 0 Å². The van der Waals surface area contributed by atoms with Crippen LogP contribution in [0.3, 0.4) is 0 Å². The van der Waals surface area contributed by atoms with Crippen LogP contribution in [-0.2, 0) is 20.9 Å². The predicted octanol–water partition coefficient (Wildman–Crippen LogP) is 7.82. The number of amides is 1. The van der Waals surface area contributed by atoms with Gasteiger partial charge in [0.25, 0.3) is 5.69 Å². The zero-order chi connectivity index (χ0) is 46.6. The zero-order valence-corrected chi connectivity index (χ0v) is 37.9. The summed E-state index contributed by atoms with van der Waals surface area (Å²) in [5.41, 5.74) is 3.15. The van der Waals surface area contributed by atoms with E-state index in [1.807, 2.05) is 64.1 Å². The molecule has 3 N–H and O–H groups in total. The monoisotopic (exact) mass is 900 g/mol. The van der Waals surface area contributed by atoms with Gasteiger partial charge >= 0.3 is 6.09 Å². The van der Waals surface area contributed by atoms with E-state index in [1.165, 1.54) is 29.2 Å². The van der Waals surface area contributed by atoms with E-state index in [1.54, 1.807) is 6.08 Å². The average molecular weight is 901 g/mol. The number of aliphatic hydroxyl groups is 3. The van der Waals surface area contributed by atoms with Gasteiger partial charge in [0.05, 0.1) is 48.7 Å². The number of oxime groups is 1. The number of nitro benzene ring substituents is 1. The molecule has 0 bridgehead atoms. The van der Waals surface area contributed by atoms with Gasteiger partial charge in [-0.2, -0.15) is 0 Å². The van der Waals surface area contributed by atoms with Crippen LogP contribution in [0.4, 0.5) is 10.5 Å². The lowest BCUT2D eigenvalue weighted by Gasteiger charge is -2.59. The summed E-state index contributed by atoms with van der Waals surface area (Å²) in [6.07, 6.45) is 7.46. The molecular weight excluding hydrogens is 837 g/mol. The van der Waals surface area contributed by atoms with Crippen LogP contribution in [-0.4, -0.2) is 106 Å². The van der Waals surface area contributed by atoms with Crippen molar-refractivity contribution in [2.24, 2.45) is 22.9 Å². The fourth-order valence-corrected chi connectivity index (χ4v) is 9.27. The number of benzene rings is 2. The number of nitro groups is 1. The number of hydrogen-bond donors (Lipinski definition) is 3. The van der Waals surface area contributed by atoms with Crippen molar-refractivity contribution >= 4 is 17.5 Å². The van der Waals surface area contributed by atoms with Crippen molar-refractivity contribution in [3.05, 3.63) is 112 Å². The summed E-state index contributed by atoms with van der Waals surface area (Å²) in [7, 11) is 0. The minimum Gasteiger partial charge on any atom is -0.487 e. The quantitative estimate of drug-likeness (QED) is 0.0360. The SMILES string of the molecule is C=CCO[C@@]12Oc3ccc(OCc4cccc(C)n4)cc3[C@H]3[C@H](CCCCO)[C@@H](CCCCO)C=C(C(=NOC(C)(C)C)C[C@@H]1N(CCOCCO)C(=O)Oc1ccc([N+](=O)[O-])cc1)[C@H]32. The molecule has 1 saturated carbocycles. The predicted molar refractivity (Wildman–Crippen MR) is 243 cm³/mol. The summed E-state index contributed by atoms with van der Waals surface area (Å²) in [5.74, 6) is -1.31. The molecule has 1 aromatic heterocycles. The molecule has 1 aliphatic heterocycles. The number of pyridine rings is 1. The van der Waals surface area contributed by atoms with Gasteiger partial charge in [-0.3, -0.25) is 20.0 Å². The first-order valence-electron chi connectivity index (χ1n) is 22.6. The first-order valence-corrected chi connectivity index (χ1v) is 22.6. The third kappa shape index (κ3) is 12.1. The van der Waals surface area contributed by atoms with Gasteiger partial charge in [0.1, 0.15) is 35.5 Å². The minimum absolute atomic E-state index is 0.00656. The van der Waals surface area contributed by atoms with Crippen LogP contribution < -0.4 is 14.2 Å². The first-order chi connectivity index (χ1) is 31.3. The number of aromatic nitrogens is 1. The van der Waals surface area contributed by atoms with Crippen molar-refractivity contribution in [1.82, 2.24) is 9.88 Å². The number of unbranched alkanes of at least 4 members (excludes halogenated alkanes) is 2. The second-order valence-corrected chi connectivity index (χ2v) is 17.7. The van der Waals surface area contributed by atoms with Gasteiger partial charge in [-0.05, 0) is 113 Å². The molecule has 2 aliphatic carbocycles. The highest BCUT2D eigenvalue weighted by Gasteiger charge is 2.65. The van der Waals surface area contributed by atoms with Crippen LogP contribution >= 0.6 is 0 Å². The number of allylic oxidation sites excluding steroid dienone is 1. The molecule has 0 radical (unpaired) electrons. The van der Waals surface area contributed by atoms with E-state index < -0.39 is 34.4 Å². The van der Waals surface area contributed by atoms with Gasteiger partial charge < -0.3 is 43.8 Å². The molecule has 0 unspecified atom stereocenters. The molecule has 2 aromatic carbocycles. The van der Waals surface area contributed by atoms with E-state index in [9.17, 15) is 30.2 Å². The Kier molecular flexibility index (Phi) is 17.1. The van der Waals surface area contributed by atoms with Crippen LogP contribution in [0.5, 0.6) is 17.2 Å². The summed E-state index contributed by atoms with van der Waals surface area (Å²) < 4.78 is 32.5. The minimum atomic E-state index is -1.59. The summed E-state index contributed by atoms with van der Waals surface area (Å²) in [6, 6.07) is 15.8.